The molecule has 1 fully saturated rings. The van der Waals surface area contributed by atoms with Crippen molar-refractivity contribution in [3.8, 4) is 5.75 Å². The zero-order valence-electron chi connectivity index (χ0n) is 20.8. The Morgan fingerprint density at radius 2 is 1.91 bits per heavy atom. The Kier molecular flexibility index (Phi) is 8.90. The van der Waals surface area contributed by atoms with Gasteiger partial charge in [-0.25, -0.2) is 0 Å². The van der Waals surface area contributed by atoms with Gasteiger partial charge in [0.25, 0.3) is 5.91 Å². The second-order valence-corrected chi connectivity index (χ2v) is 9.40. The molecule has 0 bridgehead atoms. The number of nitrogens with one attached hydrogen (secondary N) is 1. The van der Waals surface area contributed by atoms with Gasteiger partial charge in [0.1, 0.15) is 19.0 Å². The van der Waals surface area contributed by atoms with Crippen molar-refractivity contribution >= 4 is 23.4 Å². The van der Waals surface area contributed by atoms with Crippen LogP contribution in [0, 0.1) is 11.8 Å². The summed E-state index contributed by atoms with van der Waals surface area (Å²) in [7, 11) is 4.82. The number of methoxy groups -OCH3 is 2. The average molecular weight is 476 g/mol. The van der Waals surface area contributed by atoms with Gasteiger partial charge in [0.05, 0.1) is 17.7 Å². The van der Waals surface area contributed by atoms with Crippen LogP contribution in [0.3, 0.4) is 0 Å². The molecule has 1 aliphatic heterocycles. The van der Waals surface area contributed by atoms with Gasteiger partial charge >= 0.3 is 0 Å². The van der Waals surface area contributed by atoms with Gasteiger partial charge in [-0.2, -0.15) is 0 Å². The highest BCUT2D eigenvalue weighted by molar-refractivity contribution is 6.00. The number of hydrogen-bond donors (Lipinski definition) is 1. The molecule has 0 radical (unpaired) electrons. The summed E-state index contributed by atoms with van der Waals surface area (Å²) in [5.74, 6) is 0.0504. The SMILES string of the molecule is COCC(=O)N1C[C@H](C)[C@H](OC)CN(C)C(=O)c2cc(NC(=O)C3CCC3)ccc2OC[C@@H]1C. The van der Waals surface area contributed by atoms with E-state index >= 15 is 0 Å². The normalized spacial score (nSPS) is 24.3. The molecule has 1 aliphatic carbocycles. The fourth-order valence-corrected chi connectivity index (χ4v) is 4.32. The minimum Gasteiger partial charge on any atom is -0.491 e. The number of anilines is 1. The van der Waals surface area contributed by atoms with Gasteiger partial charge in [-0.1, -0.05) is 13.3 Å². The molecule has 1 aromatic rings. The van der Waals surface area contributed by atoms with E-state index in [1.807, 2.05) is 13.8 Å². The summed E-state index contributed by atoms with van der Waals surface area (Å²) in [6, 6.07) is 4.86. The fourth-order valence-electron chi connectivity index (χ4n) is 4.32. The maximum absolute atomic E-state index is 13.4. The maximum atomic E-state index is 13.4. The van der Waals surface area contributed by atoms with E-state index in [-0.39, 0.29) is 54.9 Å². The summed E-state index contributed by atoms with van der Waals surface area (Å²) >= 11 is 0. The Hall–Kier alpha value is -2.65. The molecule has 2 aliphatic rings. The van der Waals surface area contributed by atoms with Gasteiger partial charge in [-0.15, -0.1) is 0 Å². The first kappa shape index (κ1) is 26.0. The van der Waals surface area contributed by atoms with Crippen LogP contribution in [0.5, 0.6) is 5.75 Å². The van der Waals surface area contributed by atoms with Crippen molar-refractivity contribution in [3.63, 3.8) is 0 Å². The molecule has 9 heteroatoms. The fraction of sp³-hybridized carbons (Fsp3) is 0.640. The van der Waals surface area contributed by atoms with Crippen molar-refractivity contribution in [1.82, 2.24) is 9.80 Å². The number of hydrogen-bond acceptors (Lipinski definition) is 6. The van der Waals surface area contributed by atoms with Gasteiger partial charge in [0.15, 0.2) is 0 Å². The van der Waals surface area contributed by atoms with Crippen molar-refractivity contribution < 1.29 is 28.6 Å². The number of fused-ring (bicyclic) bond motifs is 1. The van der Waals surface area contributed by atoms with Crippen LogP contribution < -0.4 is 10.1 Å². The lowest BCUT2D eigenvalue weighted by molar-refractivity contribution is -0.139. The summed E-state index contributed by atoms with van der Waals surface area (Å²) in [4.78, 5) is 41.9. The predicted octanol–water partition coefficient (Wildman–Crippen LogP) is 2.40. The van der Waals surface area contributed by atoms with Gasteiger partial charge < -0.3 is 29.3 Å². The number of rotatable bonds is 5. The van der Waals surface area contributed by atoms with Gasteiger partial charge in [0.2, 0.25) is 11.8 Å². The predicted molar refractivity (Wildman–Crippen MR) is 128 cm³/mol. The lowest BCUT2D eigenvalue weighted by atomic mass is 9.85. The first-order chi connectivity index (χ1) is 16.2. The highest BCUT2D eigenvalue weighted by Gasteiger charge is 2.31. The van der Waals surface area contributed by atoms with Crippen molar-refractivity contribution in [2.75, 3.05) is 52.9 Å². The quantitative estimate of drug-likeness (QED) is 0.703. The van der Waals surface area contributed by atoms with Crippen molar-refractivity contribution in [2.24, 2.45) is 11.8 Å². The third kappa shape index (κ3) is 6.07. The van der Waals surface area contributed by atoms with Gasteiger partial charge in [-0.3, -0.25) is 14.4 Å². The summed E-state index contributed by atoms with van der Waals surface area (Å²) in [5, 5.41) is 2.93. The van der Waals surface area contributed by atoms with E-state index in [4.69, 9.17) is 14.2 Å². The number of carbonyl (C=O) groups excluding carboxylic acids is 3. The molecule has 9 nitrogen and oxygen atoms in total. The first-order valence-electron chi connectivity index (χ1n) is 11.9. The molecular formula is C25H37N3O6. The molecule has 0 unspecified atom stereocenters. The number of likely N-dealkylation sites (N-methyl/N-ethyl adjacent to an activating group) is 1. The number of benzene rings is 1. The molecule has 0 saturated heterocycles. The minimum absolute atomic E-state index is 0.0183. The van der Waals surface area contributed by atoms with E-state index in [2.05, 4.69) is 5.32 Å². The minimum atomic E-state index is -0.274. The second-order valence-electron chi connectivity index (χ2n) is 9.40. The Balaban J connectivity index is 1.91. The number of carbonyl (C=O) groups is 3. The maximum Gasteiger partial charge on any atom is 0.257 e. The lowest BCUT2D eigenvalue weighted by Gasteiger charge is -2.36. The zero-order chi connectivity index (χ0) is 24.8. The molecule has 34 heavy (non-hydrogen) atoms. The summed E-state index contributed by atoms with van der Waals surface area (Å²) in [6.45, 7) is 4.89. The molecule has 0 aromatic heterocycles. The molecule has 1 heterocycles. The third-order valence-corrected chi connectivity index (χ3v) is 6.78. The third-order valence-electron chi connectivity index (χ3n) is 6.78. The number of nitrogens with zero attached hydrogens (tertiary/aromatic N) is 2. The van der Waals surface area contributed by atoms with Crippen LogP contribution in [-0.4, -0.2) is 87.2 Å². The molecule has 188 valence electrons. The van der Waals surface area contributed by atoms with Crippen LogP contribution in [0.2, 0.25) is 0 Å². The lowest BCUT2D eigenvalue weighted by Crippen LogP contribution is -2.49. The molecule has 0 spiro atoms. The van der Waals surface area contributed by atoms with Crippen LogP contribution in [-0.2, 0) is 19.1 Å². The van der Waals surface area contributed by atoms with Crippen LogP contribution >= 0.6 is 0 Å². The largest absolute Gasteiger partial charge is 0.491 e. The van der Waals surface area contributed by atoms with E-state index in [0.717, 1.165) is 19.3 Å². The summed E-state index contributed by atoms with van der Waals surface area (Å²) in [5.41, 5.74) is 0.925. The summed E-state index contributed by atoms with van der Waals surface area (Å²) in [6.07, 6.45) is 2.59. The highest BCUT2D eigenvalue weighted by Crippen LogP contribution is 2.30. The number of ether oxygens (including phenoxy) is 3. The molecule has 3 amide bonds. The summed E-state index contributed by atoms with van der Waals surface area (Å²) < 4.78 is 16.8. The monoisotopic (exact) mass is 475 g/mol. The van der Waals surface area contributed by atoms with E-state index in [1.54, 1.807) is 42.2 Å². The second kappa shape index (κ2) is 11.7. The van der Waals surface area contributed by atoms with Crippen molar-refractivity contribution in [2.45, 2.75) is 45.3 Å². The smallest absolute Gasteiger partial charge is 0.257 e. The molecule has 1 saturated carbocycles. The standard InChI is InChI=1S/C25H37N3O6/c1-16-12-28(23(29)15-32-4)17(2)14-34-21-10-9-19(26-24(30)18-7-6-8-18)11-20(21)25(31)27(3)13-22(16)33-5/h9-11,16-18,22H,6-8,12-15H2,1-5H3,(H,26,30)/t16-,17-,22+/m0/s1. The van der Waals surface area contributed by atoms with E-state index in [9.17, 15) is 14.4 Å². The van der Waals surface area contributed by atoms with Crippen LogP contribution in [0.4, 0.5) is 5.69 Å². The van der Waals surface area contributed by atoms with E-state index in [0.29, 0.717) is 30.1 Å². The van der Waals surface area contributed by atoms with Crippen LogP contribution in [0.15, 0.2) is 18.2 Å². The Morgan fingerprint density at radius 1 is 1.18 bits per heavy atom. The molecule has 1 aromatic carbocycles. The van der Waals surface area contributed by atoms with E-state index in [1.165, 1.54) is 7.11 Å². The highest BCUT2D eigenvalue weighted by atomic mass is 16.5. The van der Waals surface area contributed by atoms with Crippen molar-refractivity contribution in [3.05, 3.63) is 23.8 Å². The Morgan fingerprint density at radius 3 is 2.53 bits per heavy atom. The Bertz CT molecular complexity index is 887. The van der Waals surface area contributed by atoms with Gasteiger partial charge in [0, 0.05) is 51.9 Å². The van der Waals surface area contributed by atoms with E-state index < -0.39 is 0 Å². The first-order valence-corrected chi connectivity index (χ1v) is 11.9. The average Bonchev–Trinajstić information content (AvgIpc) is 2.77. The Labute approximate surface area is 201 Å². The van der Waals surface area contributed by atoms with Crippen LogP contribution in [0.25, 0.3) is 0 Å². The molecule has 3 rings (SSSR count). The topological polar surface area (TPSA) is 97.4 Å². The van der Waals surface area contributed by atoms with Crippen LogP contribution in [0.1, 0.15) is 43.5 Å². The zero-order valence-corrected chi connectivity index (χ0v) is 20.8. The molecule has 1 N–H and O–H groups in total. The van der Waals surface area contributed by atoms with Crippen molar-refractivity contribution in [1.29, 1.82) is 0 Å². The molecule has 3 atom stereocenters. The molecular weight excluding hydrogens is 438 g/mol. The van der Waals surface area contributed by atoms with Gasteiger partial charge in [-0.05, 0) is 38.0 Å². The number of amides is 3.